The van der Waals surface area contributed by atoms with Crippen molar-refractivity contribution in [2.75, 3.05) is 0 Å². The smallest absolute Gasteiger partial charge is 0.176 e. The fourth-order valence-electron chi connectivity index (χ4n) is 1.73. The summed E-state index contributed by atoms with van der Waals surface area (Å²) in [6.07, 6.45) is 0.393. The van der Waals surface area contributed by atoms with Gasteiger partial charge in [-0.25, -0.2) is 0 Å². The van der Waals surface area contributed by atoms with Crippen LogP contribution in [0.25, 0.3) is 0 Å². The van der Waals surface area contributed by atoms with Gasteiger partial charge in [0.1, 0.15) is 5.78 Å². The first kappa shape index (κ1) is 12.6. The summed E-state index contributed by atoms with van der Waals surface area (Å²) >= 11 is 0. The zero-order chi connectivity index (χ0) is 12.3. The summed E-state index contributed by atoms with van der Waals surface area (Å²) in [7, 11) is 0. The molecule has 1 aromatic carbocycles. The zero-order valence-electron chi connectivity index (χ0n) is 10.3. The van der Waals surface area contributed by atoms with Crippen LogP contribution in [0.3, 0.4) is 0 Å². The van der Waals surface area contributed by atoms with Crippen LogP contribution in [0, 0.1) is 12.3 Å². The number of Topliss-reactive ketones (excluding diaryl/α,β-unsaturated/α-hetero) is 2. The molecule has 0 N–H and O–H groups in total. The van der Waals surface area contributed by atoms with Crippen molar-refractivity contribution in [2.45, 2.75) is 34.1 Å². The Balaban J connectivity index is 3.12. The molecule has 0 saturated heterocycles. The van der Waals surface area contributed by atoms with Gasteiger partial charge in [-0.3, -0.25) is 9.59 Å². The number of hydrogen-bond donors (Lipinski definition) is 0. The molecule has 0 heterocycles. The molecule has 0 aliphatic carbocycles. The van der Waals surface area contributed by atoms with Gasteiger partial charge in [-0.1, -0.05) is 31.2 Å². The van der Waals surface area contributed by atoms with E-state index in [-0.39, 0.29) is 11.6 Å². The van der Waals surface area contributed by atoms with Gasteiger partial charge in [0.05, 0.1) is 5.41 Å². The number of hydrogen-bond acceptors (Lipinski definition) is 2. The summed E-state index contributed by atoms with van der Waals surface area (Å²) < 4.78 is 0. The van der Waals surface area contributed by atoms with Gasteiger partial charge in [0, 0.05) is 12.0 Å². The van der Waals surface area contributed by atoms with E-state index >= 15 is 0 Å². The van der Waals surface area contributed by atoms with E-state index in [1.807, 2.05) is 25.1 Å². The first-order chi connectivity index (χ1) is 7.41. The molecule has 0 aromatic heterocycles. The Morgan fingerprint density at radius 2 is 1.75 bits per heavy atom. The molecule has 0 fully saturated rings. The number of ketones is 2. The Hall–Kier alpha value is -1.44. The first-order valence-electron chi connectivity index (χ1n) is 5.55. The van der Waals surface area contributed by atoms with E-state index in [2.05, 4.69) is 0 Å². The predicted octanol–water partition coefficient (Wildman–Crippen LogP) is 3.18. The Labute approximate surface area is 96.7 Å². The highest BCUT2D eigenvalue weighted by atomic mass is 16.2. The number of carbonyl (C=O) groups excluding carboxylic acids is 2. The van der Waals surface area contributed by atoms with Crippen molar-refractivity contribution in [1.82, 2.24) is 0 Å². The molecular weight excluding hydrogens is 200 g/mol. The lowest BCUT2D eigenvalue weighted by Crippen LogP contribution is -2.33. The summed E-state index contributed by atoms with van der Waals surface area (Å²) in [6, 6.07) is 7.38. The molecule has 0 unspecified atom stereocenters. The molecule has 0 aliphatic heterocycles. The van der Waals surface area contributed by atoms with Crippen molar-refractivity contribution in [3.8, 4) is 0 Å². The lowest BCUT2D eigenvalue weighted by molar-refractivity contribution is -0.124. The predicted molar refractivity (Wildman–Crippen MR) is 64.6 cm³/mol. The van der Waals surface area contributed by atoms with E-state index in [0.717, 1.165) is 5.56 Å². The Morgan fingerprint density at radius 1 is 1.19 bits per heavy atom. The highest BCUT2D eigenvalue weighted by Crippen LogP contribution is 2.25. The molecule has 0 atom stereocenters. The minimum Gasteiger partial charge on any atom is -0.299 e. The van der Waals surface area contributed by atoms with Crippen LogP contribution in [-0.2, 0) is 4.79 Å². The minimum atomic E-state index is -0.916. The molecule has 0 radical (unpaired) electrons. The summed E-state index contributed by atoms with van der Waals surface area (Å²) in [5.74, 6) is -0.0989. The maximum Gasteiger partial charge on any atom is 0.176 e. The SMILES string of the molecule is CCC(=O)C(C)(C)C(=O)c1ccccc1C. The van der Waals surface area contributed by atoms with E-state index in [1.165, 1.54) is 0 Å². The van der Waals surface area contributed by atoms with Crippen molar-refractivity contribution in [3.63, 3.8) is 0 Å². The summed E-state index contributed by atoms with van der Waals surface area (Å²) in [5, 5.41) is 0. The van der Waals surface area contributed by atoms with Crippen molar-refractivity contribution in [2.24, 2.45) is 5.41 Å². The van der Waals surface area contributed by atoms with Crippen LogP contribution in [0.5, 0.6) is 0 Å². The number of rotatable bonds is 4. The average Bonchev–Trinajstić information content (AvgIpc) is 2.27. The Morgan fingerprint density at radius 3 is 2.25 bits per heavy atom. The second-order valence-electron chi connectivity index (χ2n) is 4.55. The van der Waals surface area contributed by atoms with Gasteiger partial charge in [0.2, 0.25) is 0 Å². The molecule has 0 saturated carbocycles. The van der Waals surface area contributed by atoms with Crippen LogP contribution in [0.4, 0.5) is 0 Å². The molecule has 16 heavy (non-hydrogen) atoms. The lowest BCUT2D eigenvalue weighted by Gasteiger charge is -2.21. The van der Waals surface area contributed by atoms with Crippen LogP contribution in [0.15, 0.2) is 24.3 Å². The quantitative estimate of drug-likeness (QED) is 0.574. The second-order valence-corrected chi connectivity index (χ2v) is 4.55. The van der Waals surface area contributed by atoms with Crippen LogP contribution in [-0.4, -0.2) is 11.6 Å². The third-order valence-electron chi connectivity index (χ3n) is 2.98. The standard InChI is InChI=1S/C14H18O2/c1-5-12(15)14(3,4)13(16)11-9-7-6-8-10(11)2/h6-9H,5H2,1-4H3. The van der Waals surface area contributed by atoms with Crippen molar-refractivity contribution in [1.29, 1.82) is 0 Å². The molecule has 86 valence electrons. The molecule has 1 rings (SSSR count). The third kappa shape index (κ3) is 2.21. The highest BCUT2D eigenvalue weighted by molar-refractivity contribution is 6.14. The van der Waals surface area contributed by atoms with Gasteiger partial charge in [-0.15, -0.1) is 0 Å². The van der Waals surface area contributed by atoms with Gasteiger partial charge in [-0.2, -0.15) is 0 Å². The average molecular weight is 218 g/mol. The summed E-state index contributed by atoms with van der Waals surface area (Å²) in [6.45, 7) is 7.08. The Bertz CT molecular complexity index is 416. The maximum absolute atomic E-state index is 12.3. The molecule has 0 aliphatic rings. The monoisotopic (exact) mass is 218 g/mol. The summed E-state index contributed by atoms with van der Waals surface area (Å²) in [5.41, 5.74) is 0.653. The number of benzene rings is 1. The topological polar surface area (TPSA) is 34.1 Å². The number of carbonyl (C=O) groups is 2. The van der Waals surface area contributed by atoms with Crippen LogP contribution < -0.4 is 0 Å². The molecule has 0 amide bonds. The molecule has 2 heteroatoms. The van der Waals surface area contributed by atoms with Crippen molar-refractivity contribution < 1.29 is 9.59 Å². The molecule has 2 nitrogen and oxygen atoms in total. The lowest BCUT2D eigenvalue weighted by atomic mass is 9.78. The van der Waals surface area contributed by atoms with Gasteiger partial charge in [0.25, 0.3) is 0 Å². The van der Waals surface area contributed by atoms with E-state index in [9.17, 15) is 9.59 Å². The molecule has 0 spiro atoms. The third-order valence-corrected chi connectivity index (χ3v) is 2.98. The molecule has 0 bridgehead atoms. The van der Waals surface area contributed by atoms with Crippen LogP contribution >= 0.6 is 0 Å². The van der Waals surface area contributed by atoms with Crippen molar-refractivity contribution in [3.05, 3.63) is 35.4 Å². The summed E-state index contributed by atoms with van der Waals surface area (Å²) in [4.78, 5) is 24.0. The minimum absolute atomic E-state index is 0.0132. The van der Waals surface area contributed by atoms with Crippen LogP contribution in [0.1, 0.15) is 43.1 Å². The van der Waals surface area contributed by atoms with Gasteiger partial charge >= 0.3 is 0 Å². The van der Waals surface area contributed by atoms with Gasteiger partial charge in [-0.05, 0) is 26.3 Å². The zero-order valence-corrected chi connectivity index (χ0v) is 10.3. The Kier molecular flexibility index (Phi) is 3.63. The van der Waals surface area contributed by atoms with Gasteiger partial charge < -0.3 is 0 Å². The number of aryl methyl sites for hydroxylation is 1. The maximum atomic E-state index is 12.3. The second kappa shape index (κ2) is 4.60. The molecule has 1 aromatic rings. The van der Waals surface area contributed by atoms with E-state index in [1.54, 1.807) is 26.8 Å². The normalized spacial score (nSPS) is 11.2. The van der Waals surface area contributed by atoms with E-state index in [4.69, 9.17) is 0 Å². The highest BCUT2D eigenvalue weighted by Gasteiger charge is 2.35. The fraction of sp³-hybridized carbons (Fsp3) is 0.429. The van der Waals surface area contributed by atoms with E-state index < -0.39 is 5.41 Å². The largest absolute Gasteiger partial charge is 0.299 e. The fourth-order valence-corrected chi connectivity index (χ4v) is 1.73. The van der Waals surface area contributed by atoms with Crippen LogP contribution in [0.2, 0.25) is 0 Å². The first-order valence-corrected chi connectivity index (χ1v) is 5.55. The van der Waals surface area contributed by atoms with Crippen molar-refractivity contribution >= 4 is 11.6 Å². The molecular formula is C14H18O2. The van der Waals surface area contributed by atoms with E-state index in [0.29, 0.717) is 12.0 Å². The van der Waals surface area contributed by atoms with Gasteiger partial charge in [0.15, 0.2) is 5.78 Å².